The standard InChI is InChI=1S/C21H19N2O4PS/c1-14-6-8-18-20(10-14)29-21-12-16(7-9-19(21)22-18)23(2)13-15-4-3-5-17(11-15)27-28(24,25)26/h3-12H,1,13H2,2H3,(H2,24,25,26). The van der Waals surface area contributed by atoms with Crippen LogP contribution >= 0.6 is 19.6 Å². The lowest BCUT2D eigenvalue weighted by atomic mass is 10.2. The summed E-state index contributed by atoms with van der Waals surface area (Å²) in [6, 6.07) is 18.8. The highest BCUT2D eigenvalue weighted by atomic mass is 32.2. The zero-order chi connectivity index (χ0) is 20.6. The number of phosphoric acid groups is 1. The Morgan fingerprint density at radius 2 is 1.93 bits per heavy atom. The van der Waals surface area contributed by atoms with Crippen molar-refractivity contribution in [1.82, 2.24) is 0 Å². The van der Waals surface area contributed by atoms with Crippen LogP contribution in [0, 0.1) is 0 Å². The van der Waals surface area contributed by atoms with Gasteiger partial charge in [-0.3, -0.25) is 9.79 Å². The molecule has 1 aliphatic rings. The van der Waals surface area contributed by atoms with Gasteiger partial charge in [0.2, 0.25) is 0 Å². The molecule has 0 amide bonds. The molecule has 0 radical (unpaired) electrons. The maximum atomic E-state index is 11.0. The minimum atomic E-state index is -4.57. The Morgan fingerprint density at radius 3 is 2.72 bits per heavy atom. The summed E-state index contributed by atoms with van der Waals surface area (Å²) in [5, 5.41) is 1.92. The van der Waals surface area contributed by atoms with Crippen LogP contribution in [0.4, 0.5) is 11.4 Å². The van der Waals surface area contributed by atoms with Crippen molar-refractivity contribution in [3.8, 4) is 5.75 Å². The predicted molar refractivity (Wildman–Crippen MR) is 114 cm³/mol. The second-order valence-electron chi connectivity index (χ2n) is 6.75. The van der Waals surface area contributed by atoms with E-state index in [1.165, 1.54) is 6.07 Å². The molecule has 1 aliphatic heterocycles. The summed E-state index contributed by atoms with van der Waals surface area (Å²) in [7, 11) is -2.61. The van der Waals surface area contributed by atoms with E-state index in [9.17, 15) is 4.57 Å². The van der Waals surface area contributed by atoms with Gasteiger partial charge in [0, 0.05) is 29.1 Å². The van der Waals surface area contributed by atoms with Gasteiger partial charge in [0.1, 0.15) is 5.75 Å². The van der Waals surface area contributed by atoms with Crippen molar-refractivity contribution in [2.45, 2.75) is 16.3 Å². The SMILES string of the molecule is C=c1ccc2c(c1)Sc1cc(N(C)Cc3cccc(OP(=O)(O)O)c3)ccc1N=2. The Morgan fingerprint density at radius 1 is 1.10 bits per heavy atom. The summed E-state index contributed by atoms with van der Waals surface area (Å²) in [6.45, 7) is 4.54. The van der Waals surface area contributed by atoms with Gasteiger partial charge in [-0.25, -0.2) is 9.56 Å². The molecule has 0 aliphatic carbocycles. The summed E-state index contributed by atoms with van der Waals surface area (Å²) >= 11 is 1.68. The fourth-order valence-electron chi connectivity index (χ4n) is 3.10. The minimum absolute atomic E-state index is 0.143. The van der Waals surface area contributed by atoms with E-state index in [1.54, 1.807) is 23.9 Å². The van der Waals surface area contributed by atoms with E-state index >= 15 is 0 Å². The number of fused-ring (bicyclic) bond motifs is 2. The van der Waals surface area contributed by atoms with Gasteiger partial charge in [-0.1, -0.05) is 36.5 Å². The summed E-state index contributed by atoms with van der Waals surface area (Å²) in [5.74, 6) is 0.143. The second-order valence-corrected chi connectivity index (χ2v) is 9.00. The Kier molecular flexibility index (Phi) is 5.23. The van der Waals surface area contributed by atoms with Crippen LogP contribution in [-0.4, -0.2) is 16.8 Å². The molecule has 0 bridgehead atoms. The molecular formula is C21H19N2O4PS. The third-order valence-electron chi connectivity index (χ3n) is 4.41. The highest BCUT2D eigenvalue weighted by Crippen LogP contribution is 2.39. The van der Waals surface area contributed by atoms with Gasteiger partial charge in [-0.15, -0.1) is 0 Å². The third kappa shape index (κ3) is 4.71. The largest absolute Gasteiger partial charge is 0.524 e. The van der Waals surface area contributed by atoms with E-state index in [0.29, 0.717) is 6.54 Å². The number of hydrogen-bond donors (Lipinski definition) is 2. The lowest BCUT2D eigenvalue weighted by molar-refractivity contribution is 0.283. The first-order chi connectivity index (χ1) is 13.8. The summed E-state index contributed by atoms with van der Waals surface area (Å²) in [5.41, 5.74) is 2.83. The van der Waals surface area contributed by atoms with Crippen LogP contribution in [0.15, 0.2) is 75.4 Å². The van der Waals surface area contributed by atoms with E-state index in [0.717, 1.165) is 37.3 Å². The number of hydrogen-bond acceptors (Lipinski definition) is 5. The lowest BCUT2D eigenvalue weighted by Gasteiger charge is -2.22. The number of nitrogens with zero attached hydrogens (tertiary/aromatic N) is 2. The normalized spacial score (nSPS) is 12.5. The fraction of sp³-hybridized carbons (Fsp3) is 0.0952. The molecule has 0 fully saturated rings. The van der Waals surface area contributed by atoms with Crippen molar-refractivity contribution in [3.05, 3.63) is 76.8 Å². The highest BCUT2D eigenvalue weighted by molar-refractivity contribution is 7.99. The average Bonchev–Trinajstić information content (AvgIpc) is 2.64. The van der Waals surface area contributed by atoms with Crippen LogP contribution in [0.2, 0.25) is 0 Å². The Hall–Kier alpha value is -2.57. The molecule has 3 aromatic rings. The van der Waals surface area contributed by atoms with Gasteiger partial charge < -0.3 is 9.42 Å². The molecule has 148 valence electrons. The first-order valence-electron chi connectivity index (χ1n) is 8.82. The average molecular weight is 426 g/mol. The monoisotopic (exact) mass is 426 g/mol. The predicted octanol–water partition coefficient (Wildman–Crippen LogP) is 3.62. The zero-order valence-corrected chi connectivity index (χ0v) is 17.4. The van der Waals surface area contributed by atoms with Crippen LogP contribution in [0.25, 0.3) is 6.58 Å². The summed E-state index contributed by atoms with van der Waals surface area (Å²) in [4.78, 5) is 26.9. The van der Waals surface area contributed by atoms with E-state index in [4.69, 9.17) is 14.8 Å². The lowest BCUT2D eigenvalue weighted by Crippen LogP contribution is -2.17. The van der Waals surface area contributed by atoms with Crippen LogP contribution in [0.3, 0.4) is 0 Å². The van der Waals surface area contributed by atoms with Gasteiger partial charge >= 0.3 is 7.82 Å². The fourth-order valence-corrected chi connectivity index (χ4v) is 4.55. The Balaban J connectivity index is 1.56. The third-order valence-corrected chi connectivity index (χ3v) is 5.95. The van der Waals surface area contributed by atoms with Gasteiger partial charge in [0.05, 0.1) is 11.0 Å². The molecule has 3 aromatic carbocycles. The van der Waals surface area contributed by atoms with E-state index in [1.807, 2.05) is 43.4 Å². The van der Waals surface area contributed by atoms with Crippen LogP contribution in [0.5, 0.6) is 5.75 Å². The van der Waals surface area contributed by atoms with Crippen LogP contribution in [-0.2, 0) is 11.1 Å². The van der Waals surface area contributed by atoms with Gasteiger partial charge in [-0.05, 0) is 53.2 Å². The number of phosphoric ester groups is 1. The van der Waals surface area contributed by atoms with Gasteiger partial charge in [0.25, 0.3) is 0 Å². The first kappa shape index (κ1) is 19.7. The number of rotatable bonds is 5. The molecule has 0 aromatic heterocycles. The molecule has 6 nitrogen and oxygen atoms in total. The van der Waals surface area contributed by atoms with Crippen LogP contribution < -0.4 is 20.0 Å². The van der Waals surface area contributed by atoms with Crippen molar-refractivity contribution >= 4 is 37.5 Å². The topological polar surface area (TPSA) is 82.4 Å². The molecule has 0 unspecified atom stereocenters. The zero-order valence-electron chi connectivity index (χ0n) is 15.6. The molecule has 0 spiro atoms. The number of benzene rings is 3. The van der Waals surface area contributed by atoms with E-state index in [2.05, 4.69) is 22.1 Å². The smallest absolute Gasteiger partial charge is 0.404 e. The molecular weight excluding hydrogens is 407 g/mol. The molecule has 8 heteroatoms. The van der Waals surface area contributed by atoms with Gasteiger partial charge in [0.15, 0.2) is 0 Å². The maximum Gasteiger partial charge on any atom is 0.524 e. The first-order valence-corrected chi connectivity index (χ1v) is 11.2. The van der Waals surface area contributed by atoms with Crippen molar-refractivity contribution in [2.75, 3.05) is 11.9 Å². The van der Waals surface area contributed by atoms with E-state index < -0.39 is 7.82 Å². The Bertz CT molecular complexity index is 1240. The Labute approximate surface area is 172 Å². The summed E-state index contributed by atoms with van der Waals surface area (Å²) in [6.07, 6.45) is 0. The van der Waals surface area contributed by atoms with E-state index in [-0.39, 0.29) is 5.75 Å². The number of anilines is 1. The van der Waals surface area contributed by atoms with Crippen molar-refractivity contribution in [2.24, 2.45) is 4.99 Å². The van der Waals surface area contributed by atoms with Crippen molar-refractivity contribution < 1.29 is 18.9 Å². The molecule has 29 heavy (non-hydrogen) atoms. The van der Waals surface area contributed by atoms with Crippen molar-refractivity contribution in [1.29, 1.82) is 0 Å². The van der Waals surface area contributed by atoms with Gasteiger partial charge in [-0.2, -0.15) is 0 Å². The minimum Gasteiger partial charge on any atom is -0.404 e. The second kappa shape index (κ2) is 7.69. The molecule has 1 heterocycles. The maximum absolute atomic E-state index is 11.0. The van der Waals surface area contributed by atoms with Crippen molar-refractivity contribution in [3.63, 3.8) is 0 Å². The molecule has 0 saturated carbocycles. The molecule has 0 atom stereocenters. The molecule has 0 saturated heterocycles. The molecule has 2 N–H and O–H groups in total. The van der Waals surface area contributed by atoms with Crippen LogP contribution in [0.1, 0.15) is 5.56 Å². The summed E-state index contributed by atoms with van der Waals surface area (Å²) < 4.78 is 15.7. The quantitative estimate of drug-likeness (QED) is 0.475. The highest BCUT2D eigenvalue weighted by Gasteiger charge is 2.17. The molecule has 4 rings (SSSR count).